The molecule has 1 aromatic heterocycles. The molecule has 0 saturated heterocycles. The molecule has 0 bridgehead atoms. The van der Waals surface area contributed by atoms with Gasteiger partial charge in [0.1, 0.15) is 0 Å². The van der Waals surface area contributed by atoms with E-state index in [2.05, 4.69) is 10.4 Å². The summed E-state index contributed by atoms with van der Waals surface area (Å²) in [5, 5.41) is 14.8. The summed E-state index contributed by atoms with van der Waals surface area (Å²) >= 11 is 12.3. The van der Waals surface area contributed by atoms with Gasteiger partial charge < -0.3 is 5.73 Å². The molecule has 1 heterocycles. The fourth-order valence-electron chi connectivity index (χ4n) is 2.31. The number of carbonyl (C=O) groups is 1. The van der Waals surface area contributed by atoms with E-state index in [9.17, 15) is 4.79 Å². The molecular formula is C14H14Cl3N5O. The van der Waals surface area contributed by atoms with Crippen molar-refractivity contribution < 1.29 is 4.79 Å². The Morgan fingerprint density at radius 2 is 2.09 bits per heavy atom. The number of nitrogens with two attached hydrogens (primary N) is 1. The van der Waals surface area contributed by atoms with Crippen molar-refractivity contribution in [3.8, 4) is 5.69 Å². The van der Waals surface area contributed by atoms with Gasteiger partial charge in [-0.15, -0.1) is 12.4 Å². The lowest BCUT2D eigenvalue weighted by atomic mass is 10.1. The van der Waals surface area contributed by atoms with E-state index in [1.807, 2.05) is 0 Å². The van der Waals surface area contributed by atoms with Crippen molar-refractivity contribution in [3.05, 3.63) is 45.7 Å². The Morgan fingerprint density at radius 3 is 2.70 bits per heavy atom. The zero-order valence-corrected chi connectivity index (χ0v) is 14.2. The Morgan fingerprint density at radius 1 is 1.39 bits per heavy atom. The summed E-state index contributed by atoms with van der Waals surface area (Å²) in [6.07, 6.45) is 3.41. The molecule has 1 saturated carbocycles. The van der Waals surface area contributed by atoms with Crippen LogP contribution in [0.3, 0.4) is 0 Å². The van der Waals surface area contributed by atoms with Crippen molar-refractivity contribution in [2.45, 2.75) is 18.8 Å². The first-order valence-electron chi connectivity index (χ1n) is 6.66. The number of nitrogens with zero attached hydrogens (tertiary/aromatic N) is 2. The minimum Gasteiger partial charge on any atom is -0.370 e. The Labute approximate surface area is 148 Å². The molecule has 0 unspecified atom stereocenters. The van der Waals surface area contributed by atoms with Crippen LogP contribution < -0.4 is 11.1 Å². The molecule has 1 fully saturated rings. The van der Waals surface area contributed by atoms with Crippen molar-refractivity contribution in [1.29, 1.82) is 5.41 Å². The Bertz CT molecular complexity index is 770. The average Bonchev–Trinajstić information content (AvgIpc) is 3.19. The fraction of sp³-hybridized carbons (Fsp3) is 0.214. The van der Waals surface area contributed by atoms with E-state index in [1.54, 1.807) is 22.9 Å². The summed E-state index contributed by atoms with van der Waals surface area (Å²) < 4.78 is 1.64. The van der Waals surface area contributed by atoms with Crippen LogP contribution in [-0.4, -0.2) is 21.6 Å². The minimum absolute atomic E-state index is 0. The van der Waals surface area contributed by atoms with Crippen molar-refractivity contribution >= 4 is 47.5 Å². The maximum Gasteiger partial charge on any atom is 0.261 e. The maximum atomic E-state index is 12.2. The molecular weight excluding hydrogens is 361 g/mol. The highest BCUT2D eigenvalue weighted by molar-refractivity contribution is 6.34. The lowest BCUT2D eigenvalue weighted by molar-refractivity contribution is 0.0975. The van der Waals surface area contributed by atoms with Gasteiger partial charge in [0.15, 0.2) is 5.96 Å². The molecule has 122 valence electrons. The van der Waals surface area contributed by atoms with Gasteiger partial charge in [-0.25, -0.2) is 4.68 Å². The number of halogens is 3. The molecule has 4 N–H and O–H groups in total. The van der Waals surface area contributed by atoms with Gasteiger partial charge in [0, 0.05) is 10.9 Å². The number of guanidine groups is 1. The van der Waals surface area contributed by atoms with Crippen molar-refractivity contribution in [2.24, 2.45) is 5.73 Å². The first kappa shape index (κ1) is 17.6. The van der Waals surface area contributed by atoms with Crippen LogP contribution in [0.5, 0.6) is 0 Å². The highest BCUT2D eigenvalue weighted by Crippen LogP contribution is 2.43. The largest absolute Gasteiger partial charge is 0.370 e. The van der Waals surface area contributed by atoms with Gasteiger partial charge in [-0.1, -0.05) is 23.2 Å². The van der Waals surface area contributed by atoms with Gasteiger partial charge in [0.25, 0.3) is 5.91 Å². The molecule has 0 aliphatic heterocycles. The van der Waals surface area contributed by atoms with E-state index in [-0.39, 0.29) is 18.3 Å². The molecule has 1 amide bonds. The SMILES string of the molecule is Cl.N=C(N)NC(=O)c1cnn(-c2cc(Cl)ccc2Cl)c1C1CC1. The van der Waals surface area contributed by atoms with Crippen molar-refractivity contribution in [1.82, 2.24) is 15.1 Å². The predicted molar refractivity (Wildman–Crippen MR) is 92.2 cm³/mol. The number of hydrogen-bond acceptors (Lipinski definition) is 3. The Hall–Kier alpha value is -1.76. The summed E-state index contributed by atoms with van der Waals surface area (Å²) in [7, 11) is 0. The maximum absolute atomic E-state index is 12.2. The number of amides is 1. The van der Waals surface area contributed by atoms with Crippen LogP contribution in [0.15, 0.2) is 24.4 Å². The van der Waals surface area contributed by atoms with E-state index in [4.69, 9.17) is 34.3 Å². The standard InChI is InChI=1S/C14H13Cl2N5O.ClH/c15-8-3-4-10(16)11(5-8)21-12(7-1-2-7)9(6-19-21)13(22)20-14(17)18;/h3-7H,1-2H2,(H4,17,18,20,22);1H. The van der Waals surface area contributed by atoms with Gasteiger partial charge in [0.2, 0.25) is 0 Å². The van der Waals surface area contributed by atoms with Crippen LogP contribution >= 0.6 is 35.6 Å². The zero-order chi connectivity index (χ0) is 15.9. The summed E-state index contributed by atoms with van der Waals surface area (Å²) in [6, 6.07) is 5.08. The summed E-state index contributed by atoms with van der Waals surface area (Å²) in [5.74, 6) is -0.607. The molecule has 6 nitrogen and oxygen atoms in total. The topological polar surface area (TPSA) is 96.8 Å². The highest BCUT2D eigenvalue weighted by Gasteiger charge is 2.33. The van der Waals surface area contributed by atoms with E-state index in [0.29, 0.717) is 21.3 Å². The van der Waals surface area contributed by atoms with Gasteiger partial charge in [-0.3, -0.25) is 15.5 Å². The number of carbonyl (C=O) groups excluding carboxylic acids is 1. The van der Waals surface area contributed by atoms with Crippen molar-refractivity contribution in [2.75, 3.05) is 0 Å². The highest BCUT2D eigenvalue weighted by atomic mass is 35.5. The molecule has 0 spiro atoms. The molecule has 23 heavy (non-hydrogen) atoms. The first-order valence-corrected chi connectivity index (χ1v) is 7.41. The minimum atomic E-state index is -0.446. The van der Waals surface area contributed by atoms with Crippen molar-refractivity contribution in [3.63, 3.8) is 0 Å². The lowest BCUT2D eigenvalue weighted by Crippen LogP contribution is -2.36. The van der Waals surface area contributed by atoms with Gasteiger partial charge in [0.05, 0.1) is 28.2 Å². The molecule has 0 atom stereocenters. The van der Waals surface area contributed by atoms with Gasteiger partial charge >= 0.3 is 0 Å². The first-order chi connectivity index (χ1) is 10.5. The van der Waals surface area contributed by atoms with Crippen LogP contribution in [0.25, 0.3) is 5.69 Å². The summed E-state index contributed by atoms with van der Waals surface area (Å²) in [5.41, 5.74) is 7.01. The molecule has 1 aromatic carbocycles. The van der Waals surface area contributed by atoms with Crippen LogP contribution in [0.1, 0.15) is 34.8 Å². The quantitative estimate of drug-likeness (QED) is 0.569. The fourth-order valence-corrected chi connectivity index (χ4v) is 2.68. The molecule has 1 aliphatic rings. The molecule has 9 heteroatoms. The second-order valence-electron chi connectivity index (χ2n) is 5.09. The van der Waals surface area contributed by atoms with E-state index >= 15 is 0 Å². The monoisotopic (exact) mass is 373 g/mol. The third-order valence-electron chi connectivity index (χ3n) is 3.40. The average molecular weight is 375 g/mol. The third kappa shape index (κ3) is 3.60. The number of nitrogens with one attached hydrogen (secondary N) is 2. The number of rotatable bonds is 3. The lowest BCUT2D eigenvalue weighted by Gasteiger charge is -2.11. The molecule has 0 radical (unpaired) electrons. The van der Waals surface area contributed by atoms with Gasteiger partial charge in [-0.2, -0.15) is 5.10 Å². The summed E-state index contributed by atoms with van der Waals surface area (Å²) in [6.45, 7) is 0. The van der Waals surface area contributed by atoms with Crippen LogP contribution in [0.2, 0.25) is 10.0 Å². The molecule has 3 rings (SSSR count). The third-order valence-corrected chi connectivity index (χ3v) is 3.95. The normalized spacial score (nSPS) is 13.3. The number of hydrogen-bond donors (Lipinski definition) is 3. The van der Waals surface area contributed by atoms with Crippen LogP contribution in [-0.2, 0) is 0 Å². The number of benzene rings is 1. The second kappa shape index (κ2) is 6.78. The molecule has 2 aromatic rings. The second-order valence-corrected chi connectivity index (χ2v) is 5.94. The smallest absolute Gasteiger partial charge is 0.261 e. The number of aromatic nitrogens is 2. The molecule has 1 aliphatic carbocycles. The van der Waals surface area contributed by atoms with Crippen LogP contribution in [0.4, 0.5) is 0 Å². The van der Waals surface area contributed by atoms with E-state index in [1.165, 1.54) is 6.20 Å². The van der Waals surface area contributed by atoms with Crippen LogP contribution in [0, 0.1) is 5.41 Å². The predicted octanol–water partition coefficient (Wildman–Crippen LogP) is 3.10. The van der Waals surface area contributed by atoms with E-state index < -0.39 is 11.9 Å². The van der Waals surface area contributed by atoms with E-state index in [0.717, 1.165) is 18.5 Å². The Kier molecular flexibility index (Phi) is 5.19. The Balaban J connectivity index is 0.00000192. The summed E-state index contributed by atoms with van der Waals surface area (Å²) in [4.78, 5) is 12.2. The van der Waals surface area contributed by atoms with Gasteiger partial charge in [-0.05, 0) is 31.0 Å². The zero-order valence-electron chi connectivity index (χ0n) is 11.8.